The molecule has 0 rings (SSSR count). The summed E-state index contributed by atoms with van der Waals surface area (Å²) in [5.74, 6) is -0.507. The fourth-order valence-corrected chi connectivity index (χ4v) is 0.539. The van der Waals surface area contributed by atoms with Gasteiger partial charge in [0.15, 0.2) is 0 Å². The highest BCUT2D eigenvalue weighted by Crippen LogP contribution is 1.95. The summed E-state index contributed by atoms with van der Waals surface area (Å²) in [6.45, 7) is 3.44. The van der Waals surface area contributed by atoms with E-state index in [1.54, 1.807) is 0 Å². The van der Waals surface area contributed by atoms with Crippen molar-refractivity contribution >= 4 is 11.8 Å². The van der Waals surface area contributed by atoms with Crippen LogP contribution in [-0.4, -0.2) is 25.9 Å². The van der Waals surface area contributed by atoms with Crippen molar-refractivity contribution in [2.75, 3.05) is 14.1 Å². The van der Waals surface area contributed by atoms with E-state index in [1.165, 1.54) is 14.1 Å². The maximum absolute atomic E-state index is 10.8. The molecule has 0 unspecified atom stereocenters. The maximum atomic E-state index is 10.8. The molecule has 0 saturated carbocycles. The molecule has 2 N–H and O–H groups in total. The Balaban J connectivity index is 3.88. The first-order chi connectivity index (χ1) is 5.11. The van der Waals surface area contributed by atoms with Crippen molar-refractivity contribution in [3.05, 3.63) is 12.2 Å². The van der Waals surface area contributed by atoms with Crippen LogP contribution in [-0.2, 0) is 9.59 Å². The molecule has 0 aliphatic rings. The Kier molecular flexibility index (Phi) is 3.95. The lowest BCUT2D eigenvalue weighted by atomic mass is 10.2. The van der Waals surface area contributed by atoms with Gasteiger partial charge >= 0.3 is 0 Å². The van der Waals surface area contributed by atoms with Crippen LogP contribution in [0, 0.1) is 0 Å². The zero-order valence-corrected chi connectivity index (χ0v) is 6.73. The highest BCUT2D eigenvalue weighted by atomic mass is 16.2. The zero-order valence-electron chi connectivity index (χ0n) is 6.73. The predicted octanol–water partition coefficient (Wildman–Crippen LogP) is -0.575. The van der Waals surface area contributed by atoms with Gasteiger partial charge in [-0.1, -0.05) is 6.58 Å². The van der Waals surface area contributed by atoms with Gasteiger partial charge in [0.1, 0.15) is 0 Å². The van der Waals surface area contributed by atoms with Gasteiger partial charge in [-0.25, -0.2) is 0 Å². The quantitative estimate of drug-likeness (QED) is 0.537. The van der Waals surface area contributed by atoms with E-state index in [2.05, 4.69) is 17.2 Å². The molecule has 4 heteroatoms. The second-order valence-electron chi connectivity index (χ2n) is 2.03. The van der Waals surface area contributed by atoms with Crippen LogP contribution >= 0.6 is 0 Å². The lowest BCUT2D eigenvalue weighted by Crippen LogP contribution is -2.25. The van der Waals surface area contributed by atoms with Gasteiger partial charge < -0.3 is 10.6 Å². The molecular formula is C7H12N2O2. The summed E-state index contributed by atoms with van der Waals surface area (Å²) < 4.78 is 0. The van der Waals surface area contributed by atoms with Gasteiger partial charge in [-0.15, -0.1) is 0 Å². The molecule has 0 aromatic carbocycles. The standard InChI is InChI=1S/C7H12N2O2/c1-5(7(11)9-3)4-6(10)8-2/h1,4H2,2-3H3,(H,8,10)(H,9,11). The minimum atomic E-state index is -0.298. The Bertz CT molecular complexity index is 187. The number of hydrogen-bond acceptors (Lipinski definition) is 2. The number of hydrogen-bond donors (Lipinski definition) is 2. The number of amides is 2. The van der Waals surface area contributed by atoms with Crippen LogP contribution in [0.5, 0.6) is 0 Å². The molecule has 62 valence electrons. The maximum Gasteiger partial charge on any atom is 0.246 e. The van der Waals surface area contributed by atoms with Crippen LogP contribution in [0.2, 0.25) is 0 Å². The Hall–Kier alpha value is -1.32. The first kappa shape index (κ1) is 9.68. The van der Waals surface area contributed by atoms with E-state index < -0.39 is 0 Å². The normalized spacial score (nSPS) is 8.55. The molecule has 0 fully saturated rings. The summed E-state index contributed by atoms with van der Waals surface area (Å²) >= 11 is 0. The Morgan fingerprint density at radius 3 is 2.18 bits per heavy atom. The van der Waals surface area contributed by atoms with Crippen LogP contribution in [0.1, 0.15) is 6.42 Å². The third-order valence-electron chi connectivity index (χ3n) is 1.20. The van der Waals surface area contributed by atoms with Gasteiger partial charge in [-0.3, -0.25) is 9.59 Å². The van der Waals surface area contributed by atoms with Gasteiger partial charge in [0.25, 0.3) is 0 Å². The van der Waals surface area contributed by atoms with Gasteiger partial charge in [0.2, 0.25) is 11.8 Å². The molecule has 4 nitrogen and oxygen atoms in total. The highest BCUT2D eigenvalue weighted by Gasteiger charge is 2.07. The zero-order chi connectivity index (χ0) is 8.85. The molecule has 11 heavy (non-hydrogen) atoms. The van der Waals surface area contributed by atoms with Gasteiger partial charge in [-0.2, -0.15) is 0 Å². The van der Waals surface area contributed by atoms with E-state index in [4.69, 9.17) is 0 Å². The van der Waals surface area contributed by atoms with Crippen molar-refractivity contribution in [1.82, 2.24) is 10.6 Å². The van der Waals surface area contributed by atoms with Gasteiger partial charge in [0, 0.05) is 19.7 Å². The molecule has 0 aliphatic carbocycles. The molecule has 0 aliphatic heterocycles. The van der Waals surface area contributed by atoms with E-state index in [0.29, 0.717) is 0 Å². The third-order valence-corrected chi connectivity index (χ3v) is 1.20. The van der Waals surface area contributed by atoms with Crippen LogP contribution in [0.3, 0.4) is 0 Å². The number of carbonyl (C=O) groups is 2. The molecule has 0 aromatic heterocycles. The molecular weight excluding hydrogens is 144 g/mol. The van der Waals surface area contributed by atoms with E-state index >= 15 is 0 Å². The largest absolute Gasteiger partial charge is 0.359 e. The van der Waals surface area contributed by atoms with Gasteiger partial charge in [-0.05, 0) is 0 Å². The number of carbonyl (C=O) groups excluding carboxylic acids is 2. The Labute approximate surface area is 65.7 Å². The average molecular weight is 156 g/mol. The number of likely N-dealkylation sites (N-methyl/N-ethyl adjacent to an activating group) is 1. The first-order valence-corrected chi connectivity index (χ1v) is 3.22. The summed E-state index contributed by atoms with van der Waals surface area (Å²) in [4.78, 5) is 21.5. The molecule has 0 heterocycles. The summed E-state index contributed by atoms with van der Waals surface area (Å²) in [6.07, 6.45) is 0.0518. The molecule has 0 atom stereocenters. The Morgan fingerprint density at radius 2 is 1.82 bits per heavy atom. The predicted molar refractivity (Wildman–Crippen MR) is 41.9 cm³/mol. The van der Waals surface area contributed by atoms with Gasteiger partial charge in [0.05, 0.1) is 6.42 Å². The van der Waals surface area contributed by atoms with E-state index in [-0.39, 0.29) is 23.8 Å². The molecule has 0 radical (unpaired) electrons. The van der Waals surface area contributed by atoms with Crippen molar-refractivity contribution < 1.29 is 9.59 Å². The summed E-state index contributed by atoms with van der Waals surface area (Å²) in [5.41, 5.74) is 0.270. The number of rotatable bonds is 3. The van der Waals surface area contributed by atoms with Crippen molar-refractivity contribution in [2.24, 2.45) is 0 Å². The lowest BCUT2D eigenvalue weighted by Gasteiger charge is -2.01. The van der Waals surface area contributed by atoms with E-state index in [0.717, 1.165) is 0 Å². The molecule has 2 amide bonds. The third kappa shape index (κ3) is 3.40. The van der Waals surface area contributed by atoms with E-state index in [9.17, 15) is 9.59 Å². The number of nitrogens with one attached hydrogen (secondary N) is 2. The van der Waals surface area contributed by atoms with Crippen molar-refractivity contribution in [1.29, 1.82) is 0 Å². The molecule has 0 saturated heterocycles. The second kappa shape index (κ2) is 4.49. The van der Waals surface area contributed by atoms with Crippen molar-refractivity contribution in [3.63, 3.8) is 0 Å². The lowest BCUT2D eigenvalue weighted by molar-refractivity contribution is -0.122. The molecule has 0 bridgehead atoms. The minimum Gasteiger partial charge on any atom is -0.359 e. The van der Waals surface area contributed by atoms with Crippen LogP contribution in [0.25, 0.3) is 0 Å². The Morgan fingerprint density at radius 1 is 1.27 bits per heavy atom. The monoisotopic (exact) mass is 156 g/mol. The molecule has 0 spiro atoms. The highest BCUT2D eigenvalue weighted by molar-refractivity contribution is 5.97. The SMILES string of the molecule is C=C(CC(=O)NC)C(=O)NC. The molecule has 0 aromatic rings. The smallest absolute Gasteiger partial charge is 0.246 e. The first-order valence-electron chi connectivity index (χ1n) is 3.22. The van der Waals surface area contributed by atoms with Crippen LogP contribution in [0.15, 0.2) is 12.2 Å². The second-order valence-corrected chi connectivity index (χ2v) is 2.03. The van der Waals surface area contributed by atoms with E-state index in [1.807, 2.05) is 0 Å². The van der Waals surface area contributed by atoms with Crippen LogP contribution < -0.4 is 10.6 Å². The van der Waals surface area contributed by atoms with Crippen molar-refractivity contribution in [2.45, 2.75) is 6.42 Å². The minimum absolute atomic E-state index is 0.0518. The summed E-state index contributed by atoms with van der Waals surface area (Å²) in [7, 11) is 3.01. The van der Waals surface area contributed by atoms with Crippen LogP contribution in [0.4, 0.5) is 0 Å². The summed E-state index contributed by atoms with van der Waals surface area (Å²) in [6, 6.07) is 0. The summed E-state index contributed by atoms with van der Waals surface area (Å²) in [5, 5.41) is 4.77. The van der Waals surface area contributed by atoms with Crippen molar-refractivity contribution in [3.8, 4) is 0 Å². The fraction of sp³-hybridized carbons (Fsp3) is 0.429. The fourth-order valence-electron chi connectivity index (χ4n) is 0.539. The average Bonchev–Trinajstić information content (AvgIpc) is 2.02. The topological polar surface area (TPSA) is 58.2 Å².